The van der Waals surface area contributed by atoms with Crippen molar-refractivity contribution in [2.45, 2.75) is 0 Å². The normalized spacial score (nSPS) is 9.55. The first-order chi connectivity index (χ1) is 5.16. The molecule has 0 spiro atoms. The molecule has 0 saturated heterocycles. The second kappa shape index (κ2) is 2.75. The van der Waals surface area contributed by atoms with Crippen molar-refractivity contribution in [3.05, 3.63) is 5.56 Å². The number of anilines is 2. The predicted molar refractivity (Wildman–Crippen MR) is 43.0 cm³/mol. The number of nitrogens with zero attached hydrogens (tertiary/aromatic N) is 1. The van der Waals surface area contributed by atoms with Gasteiger partial charge >= 0.3 is 5.97 Å². The van der Waals surface area contributed by atoms with Gasteiger partial charge in [-0.05, 0) is 11.5 Å². The van der Waals surface area contributed by atoms with Gasteiger partial charge in [-0.15, -0.1) is 0 Å². The Bertz CT molecular complexity index is 283. The summed E-state index contributed by atoms with van der Waals surface area (Å²) in [6.45, 7) is 0. The van der Waals surface area contributed by atoms with Crippen molar-refractivity contribution in [1.82, 2.24) is 4.37 Å². The molecule has 0 radical (unpaired) electrons. The minimum Gasteiger partial charge on any atom is -0.477 e. The average molecular weight is 173 g/mol. The number of rotatable bonds is 2. The van der Waals surface area contributed by atoms with Crippen LogP contribution in [0.2, 0.25) is 0 Å². The van der Waals surface area contributed by atoms with E-state index in [0.29, 0.717) is 5.00 Å². The molecule has 0 amide bonds. The maximum atomic E-state index is 10.5. The number of nitrogens with one attached hydrogen (secondary N) is 1. The average Bonchev–Trinajstić information content (AvgIpc) is 2.30. The highest BCUT2D eigenvalue weighted by Gasteiger charge is 2.16. The van der Waals surface area contributed by atoms with Gasteiger partial charge in [0.2, 0.25) is 0 Å². The van der Waals surface area contributed by atoms with Gasteiger partial charge in [-0.2, -0.15) is 4.37 Å². The van der Waals surface area contributed by atoms with E-state index >= 15 is 0 Å². The van der Waals surface area contributed by atoms with Crippen LogP contribution in [0.3, 0.4) is 0 Å². The van der Waals surface area contributed by atoms with E-state index in [1.807, 2.05) is 0 Å². The number of hydrogen-bond acceptors (Lipinski definition) is 5. The van der Waals surface area contributed by atoms with E-state index < -0.39 is 5.97 Å². The van der Waals surface area contributed by atoms with Crippen LogP contribution in [0, 0.1) is 0 Å². The van der Waals surface area contributed by atoms with E-state index in [4.69, 9.17) is 10.8 Å². The Labute approximate surface area is 67.0 Å². The monoisotopic (exact) mass is 173 g/mol. The van der Waals surface area contributed by atoms with Crippen LogP contribution >= 0.6 is 11.5 Å². The number of nitrogen functional groups attached to an aromatic ring is 1. The molecule has 1 rings (SSSR count). The summed E-state index contributed by atoms with van der Waals surface area (Å²) >= 11 is 1.04. The number of carboxylic acids is 1. The Morgan fingerprint density at radius 3 is 2.82 bits per heavy atom. The summed E-state index contributed by atoms with van der Waals surface area (Å²) < 4.78 is 3.68. The summed E-state index contributed by atoms with van der Waals surface area (Å²) in [6.07, 6.45) is 0. The zero-order valence-corrected chi connectivity index (χ0v) is 6.60. The van der Waals surface area contributed by atoms with Gasteiger partial charge in [-0.25, -0.2) is 4.79 Å². The van der Waals surface area contributed by atoms with Crippen molar-refractivity contribution >= 4 is 28.3 Å². The van der Waals surface area contributed by atoms with Gasteiger partial charge in [0.25, 0.3) is 0 Å². The first-order valence-corrected chi connectivity index (χ1v) is 3.60. The molecule has 0 bridgehead atoms. The fourth-order valence-corrected chi connectivity index (χ4v) is 1.34. The molecule has 0 aliphatic heterocycles. The van der Waals surface area contributed by atoms with Crippen LogP contribution < -0.4 is 11.1 Å². The zero-order chi connectivity index (χ0) is 8.43. The van der Waals surface area contributed by atoms with E-state index in [-0.39, 0.29) is 11.4 Å². The van der Waals surface area contributed by atoms with Crippen LogP contribution in [0.15, 0.2) is 0 Å². The molecular formula is C5H7N3O2S. The Kier molecular flexibility index (Phi) is 1.95. The lowest BCUT2D eigenvalue weighted by molar-refractivity contribution is 0.0699. The third kappa shape index (κ3) is 1.25. The summed E-state index contributed by atoms with van der Waals surface area (Å²) in [6, 6.07) is 0. The van der Waals surface area contributed by atoms with Gasteiger partial charge in [0.05, 0.1) is 0 Å². The van der Waals surface area contributed by atoms with Crippen molar-refractivity contribution in [2.75, 3.05) is 18.1 Å². The third-order valence-corrected chi connectivity index (χ3v) is 2.04. The Morgan fingerprint density at radius 1 is 1.82 bits per heavy atom. The van der Waals surface area contributed by atoms with Crippen molar-refractivity contribution in [2.24, 2.45) is 0 Å². The Hall–Kier alpha value is -1.30. The Morgan fingerprint density at radius 2 is 2.45 bits per heavy atom. The molecule has 0 aromatic carbocycles. The van der Waals surface area contributed by atoms with E-state index in [0.717, 1.165) is 11.5 Å². The molecule has 11 heavy (non-hydrogen) atoms. The summed E-state index contributed by atoms with van der Waals surface area (Å²) in [5, 5.41) is 11.8. The lowest BCUT2D eigenvalue weighted by Crippen LogP contribution is -2.02. The fourth-order valence-electron chi connectivity index (χ4n) is 0.680. The molecule has 1 aromatic rings. The highest BCUT2D eigenvalue weighted by Crippen LogP contribution is 2.25. The molecule has 5 nitrogen and oxygen atoms in total. The number of carbonyl (C=O) groups is 1. The van der Waals surface area contributed by atoms with Crippen LogP contribution in [0.25, 0.3) is 0 Å². The van der Waals surface area contributed by atoms with Gasteiger partial charge in [0.15, 0.2) is 5.82 Å². The largest absolute Gasteiger partial charge is 0.477 e. The second-order valence-electron chi connectivity index (χ2n) is 1.83. The van der Waals surface area contributed by atoms with Crippen LogP contribution in [-0.4, -0.2) is 22.5 Å². The van der Waals surface area contributed by atoms with Crippen LogP contribution in [0.1, 0.15) is 10.4 Å². The molecule has 0 atom stereocenters. The summed E-state index contributed by atoms with van der Waals surface area (Å²) in [7, 11) is 1.62. The fraction of sp³-hybridized carbons (Fsp3) is 0.200. The van der Waals surface area contributed by atoms with Gasteiger partial charge in [0, 0.05) is 7.05 Å². The van der Waals surface area contributed by atoms with Gasteiger partial charge in [-0.3, -0.25) is 0 Å². The van der Waals surface area contributed by atoms with E-state index in [1.165, 1.54) is 0 Å². The van der Waals surface area contributed by atoms with Gasteiger partial charge in [-0.1, -0.05) is 0 Å². The van der Waals surface area contributed by atoms with Crippen LogP contribution in [0.4, 0.5) is 10.8 Å². The minimum atomic E-state index is -1.06. The summed E-state index contributed by atoms with van der Waals surface area (Å²) in [5.41, 5.74) is 5.35. The molecule has 0 unspecified atom stereocenters. The third-order valence-electron chi connectivity index (χ3n) is 1.16. The number of carboxylic acid groups (broad SMARTS) is 1. The molecule has 60 valence electrons. The highest BCUT2D eigenvalue weighted by molar-refractivity contribution is 7.11. The minimum absolute atomic E-state index is 0.0532. The first kappa shape index (κ1) is 7.80. The van der Waals surface area contributed by atoms with E-state index in [1.54, 1.807) is 7.05 Å². The summed E-state index contributed by atoms with van der Waals surface area (Å²) in [4.78, 5) is 10.5. The standard InChI is InChI=1S/C5H7N3O2S/c1-7-4-2(5(9)10)3(6)8-11-4/h7H,1H3,(H2,6,8)(H,9,10). The van der Waals surface area contributed by atoms with E-state index in [2.05, 4.69) is 9.69 Å². The molecule has 4 N–H and O–H groups in total. The topological polar surface area (TPSA) is 88.2 Å². The lowest BCUT2D eigenvalue weighted by Gasteiger charge is -1.95. The molecule has 0 saturated carbocycles. The molecule has 0 aliphatic carbocycles. The summed E-state index contributed by atoms with van der Waals surface area (Å²) in [5.74, 6) is -0.993. The predicted octanol–water partition coefficient (Wildman–Crippen LogP) is 0.465. The molecule has 0 fully saturated rings. The number of nitrogens with two attached hydrogens (primary N) is 1. The number of aromatic carboxylic acids is 1. The maximum Gasteiger partial charge on any atom is 0.342 e. The molecular weight excluding hydrogens is 166 g/mol. The molecule has 0 aliphatic rings. The lowest BCUT2D eigenvalue weighted by atomic mass is 10.3. The van der Waals surface area contributed by atoms with Crippen LogP contribution in [0.5, 0.6) is 0 Å². The quantitative estimate of drug-likeness (QED) is 0.604. The van der Waals surface area contributed by atoms with Crippen molar-refractivity contribution < 1.29 is 9.90 Å². The van der Waals surface area contributed by atoms with Crippen molar-refractivity contribution in [3.63, 3.8) is 0 Å². The Balaban J connectivity index is 3.17. The molecule has 1 heterocycles. The SMILES string of the molecule is CNc1snc(N)c1C(=O)O. The second-order valence-corrected chi connectivity index (χ2v) is 2.60. The highest BCUT2D eigenvalue weighted by atomic mass is 32.1. The molecule has 1 aromatic heterocycles. The smallest absolute Gasteiger partial charge is 0.342 e. The maximum absolute atomic E-state index is 10.5. The molecule has 6 heteroatoms. The number of aromatic nitrogens is 1. The van der Waals surface area contributed by atoms with E-state index in [9.17, 15) is 4.79 Å². The number of hydrogen-bond donors (Lipinski definition) is 3. The van der Waals surface area contributed by atoms with Gasteiger partial charge < -0.3 is 16.2 Å². The van der Waals surface area contributed by atoms with Crippen LogP contribution in [-0.2, 0) is 0 Å². The zero-order valence-electron chi connectivity index (χ0n) is 5.79. The van der Waals surface area contributed by atoms with Crippen molar-refractivity contribution in [3.8, 4) is 0 Å². The van der Waals surface area contributed by atoms with Gasteiger partial charge in [0.1, 0.15) is 10.6 Å². The first-order valence-electron chi connectivity index (χ1n) is 2.83. The van der Waals surface area contributed by atoms with Crippen molar-refractivity contribution in [1.29, 1.82) is 0 Å².